The number of rotatable bonds is 3. The van der Waals surface area contributed by atoms with E-state index in [-0.39, 0.29) is 17.7 Å². The predicted molar refractivity (Wildman–Crippen MR) is 95.0 cm³/mol. The lowest BCUT2D eigenvalue weighted by molar-refractivity contribution is -0.140. The van der Waals surface area contributed by atoms with E-state index in [0.717, 1.165) is 35.3 Å². The molecule has 2 fully saturated rings. The molecule has 0 bridgehead atoms. The van der Waals surface area contributed by atoms with E-state index >= 15 is 0 Å². The molecule has 1 aromatic heterocycles. The van der Waals surface area contributed by atoms with E-state index in [4.69, 9.17) is 0 Å². The fraction of sp³-hybridized carbons (Fsp3) is 0.526. The van der Waals surface area contributed by atoms with Gasteiger partial charge in [-0.15, -0.1) is 0 Å². The molecule has 2 aliphatic rings. The highest BCUT2D eigenvalue weighted by Gasteiger charge is 2.35. The van der Waals surface area contributed by atoms with Crippen LogP contribution in [0.4, 0.5) is 0 Å². The third kappa shape index (κ3) is 3.13. The van der Waals surface area contributed by atoms with Gasteiger partial charge in [0.25, 0.3) is 0 Å². The number of amides is 2. The monoisotopic (exact) mass is 340 g/mol. The molecule has 1 aliphatic carbocycles. The first-order valence-corrected chi connectivity index (χ1v) is 9.01. The summed E-state index contributed by atoms with van der Waals surface area (Å²) in [5, 5.41) is 0. The van der Waals surface area contributed by atoms with Crippen LogP contribution in [-0.4, -0.2) is 57.3 Å². The maximum absolute atomic E-state index is 12.6. The van der Waals surface area contributed by atoms with Crippen LogP contribution in [0.1, 0.15) is 24.2 Å². The highest BCUT2D eigenvalue weighted by Crippen LogP contribution is 2.31. The Bertz CT molecular complexity index is 829. The molecule has 1 aliphatic heterocycles. The number of carbonyl (C=O) groups is 2. The molecule has 0 spiro atoms. The highest BCUT2D eigenvalue weighted by molar-refractivity contribution is 5.83. The van der Waals surface area contributed by atoms with Crippen molar-refractivity contribution >= 4 is 22.8 Å². The maximum atomic E-state index is 12.6. The van der Waals surface area contributed by atoms with Crippen molar-refractivity contribution in [2.24, 2.45) is 13.0 Å². The molecule has 6 heteroatoms. The quantitative estimate of drug-likeness (QED) is 0.851. The smallest absolute Gasteiger partial charge is 0.227 e. The average molecular weight is 340 g/mol. The number of imidazole rings is 1. The molecule has 6 nitrogen and oxygen atoms in total. The van der Waals surface area contributed by atoms with Crippen molar-refractivity contribution in [3.63, 3.8) is 0 Å². The second-order valence-corrected chi connectivity index (χ2v) is 7.20. The van der Waals surface area contributed by atoms with Gasteiger partial charge in [0, 0.05) is 39.1 Å². The third-order valence-electron chi connectivity index (χ3n) is 5.39. The van der Waals surface area contributed by atoms with E-state index in [1.165, 1.54) is 0 Å². The summed E-state index contributed by atoms with van der Waals surface area (Å²) in [7, 11) is 2.00. The summed E-state index contributed by atoms with van der Waals surface area (Å²) < 4.78 is 2.05. The van der Waals surface area contributed by atoms with E-state index < -0.39 is 0 Å². The first kappa shape index (κ1) is 16.1. The molecule has 2 aromatic rings. The van der Waals surface area contributed by atoms with Crippen molar-refractivity contribution < 1.29 is 9.59 Å². The number of hydrogen-bond acceptors (Lipinski definition) is 3. The molecule has 25 heavy (non-hydrogen) atoms. The molecule has 0 radical (unpaired) electrons. The lowest BCUT2D eigenvalue weighted by atomic mass is 10.1. The Morgan fingerprint density at radius 3 is 2.48 bits per heavy atom. The lowest BCUT2D eigenvalue weighted by Gasteiger charge is -2.35. The van der Waals surface area contributed by atoms with E-state index in [1.54, 1.807) is 0 Å². The zero-order valence-corrected chi connectivity index (χ0v) is 14.9. The lowest BCUT2D eigenvalue weighted by Crippen LogP contribution is -2.51. The van der Waals surface area contributed by atoms with Crippen LogP contribution >= 0.6 is 0 Å². The number of piperazine rings is 1. The van der Waals surface area contributed by atoms with Crippen LogP contribution in [0.3, 0.4) is 0 Å². The van der Waals surface area contributed by atoms with Crippen molar-refractivity contribution in [3.8, 4) is 0 Å². The molecule has 1 aromatic carbocycles. The second kappa shape index (κ2) is 6.17. The van der Waals surface area contributed by atoms with Gasteiger partial charge in [0.15, 0.2) is 0 Å². The molecule has 0 atom stereocenters. The average Bonchev–Trinajstić information content (AvgIpc) is 3.42. The van der Waals surface area contributed by atoms with Crippen molar-refractivity contribution in [2.75, 3.05) is 26.2 Å². The van der Waals surface area contributed by atoms with Crippen LogP contribution < -0.4 is 0 Å². The first-order valence-electron chi connectivity index (χ1n) is 9.01. The van der Waals surface area contributed by atoms with Crippen LogP contribution in [0.25, 0.3) is 11.0 Å². The van der Waals surface area contributed by atoms with Gasteiger partial charge in [-0.2, -0.15) is 0 Å². The summed E-state index contributed by atoms with van der Waals surface area (Å²) in [6, 6.07) is 6.05. The van der Waals surface area contributed by atoms with Gasteiger partial charge in [0.1, 0.15) is 5.82 Å². The summed E-state index contributed by atoms with van der Waals surface area (Å²) in [5.74, 6) is 1.64. The Morgan fingerprint density at radius 2 is 1.80 bits per heavy atom. The van der Waals surface area contributed by atoms with Crippen LogP contribution in [0, 0.1) is 12.8 Å². The third-order valence-corrected chi connectivity index (χ3v) is 5.39. The van der Waals surface area contributed by atoms with Crippen molar-refractivity contribution in [2.45, 2.75) is 26.2 Å². The second-order valence-electron chi connectivity index (χ2n) is 7.20. The van der Waals surface area contributed by atoms with E-state index in [9.17, 15) is 9.59 Å². The normalized spacial score (nSPS) is 18.0. The van der Waals surface area contributed by atoms with Gasteiger partial charge >= 0.3 is 0 Å². The van der Waals surface area contributed by atoms with Crippen LogP contribution in [0.5, 0.6) is 0 Å². The molecule has 2 amide bonds. The van der Waals surface area contributed by atoms with Gasteiger partial charge in [0.2, 0.25) is 11.8 Å². The Kier molecular flexibility index (Phi) is 3.98. The number of hydrogen-bond donors (Lipinski definition) is 0. The highest BCUT2D eigenvalue weighted by atomic mass is 16.2. The summed E-state index contributed by atoms with van der Waals surface area (Å²) in [4.78, 5) is 33.0. The van der Waals surface area contributed by atoms with Crippen molar-refractivity contribution in [3.05, 3.63) is 29.6 Å². The zero-order valence-electron chi connectivity index (χ0n) is 14.9. The SMILES string of the molecule is Cc1nc2cc(CC(=O)N3CCN(C(=O)C4CC4)CC3)ccc2n1C. The Hall–Kier alpha value is -2.37. The van der Waals surface area contributed by atoms with Crippen LogP contribution in [0.2, 0.25) is 0 Å². The summed E-state index contributed by atoms with van der Waals surface area (Å²) >= 11 is 0. The van der Waals surface area contributed by atoms with Gasteiger partial charge < -0.3 is 14.4 Å². The molecular formula is C19H24N4O2. The molecule has 4 rings (SSSR count). The van der Waals surface area contributed by atoms with E-state index in [2.05, 4.69) is 9.55 Å². The summed E-state index contributed by atoms with van der Waals surface area (Å²) in [5.41, 5.74) is 3.01. The standard InChI is InChI=1S/C19H24N4O2/c1-13-20-16-11-14(3-6-17(16)21(13)2)12-18(24)22-7-9-23(10-8-22)19(25)15-4-5-15/h3,6,11,15H,4-5,7-10,12H2,1-2H3. The largest absolute Gasteiger partial charge is 0.339 e. The van der Waals surface area contributed by atoms with Gasteiger partial charge in [-0.05, 0) is 37.5 Å². The summed E-state index contributed by atoms with van der Waals surface area (Å²) in [6.07, 6.45) is 2.46. The molecule has 1 saturated heterocycles. The number of nitrogens with zero attached hydrogens (tertiary/aromatic N) is 4. The Balaban J connectivity index is 1.38. The molecule has 1 saturated carbocycles. The molecule has 0 N–H and O–H groups in total. The topological polar surface area (TPSA) is 58.4 Å². The number of benzene rings is 1. The summed E-state index contributed by atoms with van der Waals surface area (Å²) in [6.45, 7) is 4.59. The molecular weight excluding hydrogens is 316 g/mol. The Morgan fingerprint density at radius 1 is 1.12 bits per heavy atom. The number of fused-ring (bicyclic) bond motifs is 1. The van der Waals surface area contributed by atoms with Crippen LogP contribution in [0.15, 0.2) is 18.2 Å². The number of carbonyl (C=O) groups excluding carboxylic acids is 2. The van der Waals surface area contributed by atoms with Gasteiger partial charge in [-0.3, -0.25) is 9.59 Å². The fourth-order valence-electron chi connectivity index (χ4n) is 3.53. The van der Waals surface area contributed by atoms with Gasteiger partial charge in [-0.25, -0.2) is 4.98 Å². The first-order chi connectivity index (χ1) is 12.0. The van der Waals surface area contributed by atoms with E-state index in [1.807, 2.05) is 42.0 Å². The number of aromatic nitrogens is 2. The van der Waals surface area contributed by atoms with Crippen molar-refractivity contribution in [1.82, 2.24) is 19.4 Å². The minimum Gasteiger partial charge on any atom is -0.339 e. The van der Waals surface area contributed by atoms with E-state index in [0.29, 0.717) is 32.6 Å². The minimum absolute atomic E-state index is 0.130. The fourth-order valence-corrected chi connectivity index (χ4v) is 3.53. The van der Waals surface area contributed by atoms with Crippen molar-refractivity contribution in [1.29, 1.82) is 0 Å². The predicted octanol–water partition coefficient (Wildman–Crippen LogP) is 1.51. The molecule has 132 valence electrons. The number of aryl methyl sites for hydroxylation is 2. The minimum atomic E-state index is 0.130. The molecule has 0 unspecified atom stereocenters. The maximum Gasteiger partial charge on any atom is 0.227 e. The zero-order chi connectivity index (χ0) is 17.6. The van der Waals surface area contributed by atoms with Gasteiger partial charge in [0.05, 0.1) is 17.5 Å². The van der Waals surface area contributed by atoms with Gasteiger partial charge in [-0.1, -0.05) is 6.07 Å². The molecule has 2 heterocycles. The van der Waals surface area contributed by atoms with Crippen LogP contribution in [-0.2, 0) is 23.1 Å². The Labute approximate surface area is 147 Å².